The van der Waals surface area contributed by atoms with Gasteiger partial charge in [-0.15, -0.1) is 0 Å². The number of sulfonamides is 1. The molecule has 0 bridgehead atoms. The molecule has 0 radical (unpaired) electrons. The molecule has 2 aromatic rings. The Hall–Kier alpha value is -1.27. The zero-order valence-corrected chi connectivity index (χ0v) is 19.6. The van der Waals surface area contributed by atoms with Gasteiger partial charge in [0.05, 0.1) is 5.56 Å². The molecule has 0 spiro atoms. The van der Waals surface area contributed by atoms with Gasteiger partial charge in [-0.25, -0.2) is 12.7 Å². The van der Waals surface area contributed by atoms with Crippen molar-refractivity contribution in [2.75, 3.05) is 11.9 Å². The molecule has 2 N–H and O–H groups in total. The van der Waals surface area contributed by atoms with Crippen molar-refractivity contribution in [2.45, 2.75) is 14.9 Å². The lowest BCUT2D eigenvalue weighted by molar-refractivity contribution is -0.121. The summed E-state index contributed by atoms with van der Waals surface area (Å²) in [7, 11) is -4.12. The van der Waals surface area contributed by atoms with Crippen LogP contribution in [0.1, 0.15) is 10.4 Å². The zero-order chi connectivity index (χ0) is 21.4. The minimum Gasteiger partial charge on any atom is -0.362 e. The number of fused-ring (bicyclic) bond motifs is 1. The Morgan fingerprint density at radius 2 is 1.72 bits per heavy atom. The SMILES string of the molecule is O=C(CN1C(=O)c2ccccc2S1(=O)=O)N[C@H](Nc1ccc(I)cc1)C(Cl)(Cl)Cl. The molecule has 0 saturated carbocycles. The van der Waals surface area contributed by atoms with Crippen molar-refractivity contribution >= 4 is 84.9 Å². The van der Waals surface area contributed by atoms with Gasteiger partial charge < -0.3 is 10.6 Å². The molecule has 1 aliphatic heterocycles. The van der Waals surface area contributed by atoms with E-state index >= 15 is 0 Å². The number of nitrogens with one attached hydrogen (secondary N) is 2. The van der Waals surface area contributed by atoms with Gasteiger partial charge in [0.1, 0.15) is 17.6 Å². The van der Waals surface area contributed by atoms with Gasteiger partial charge in [-0.05, 0) is 59.0 Å². The van der Waals surface area contributed by atoms with E-state index in [9.17, 15) is 18.0 Å². The minimum atomic E-state index is -4.12. The fourth-order valence-electron chi connectivity index (χ4n) is 2.64. The van der Waals surface area contributed by atoms with Gasteiger partial charge in [-0.3, -0.25) is 9.59 Å². The van der Waals surface area contributed by atoms with Crippen LogP contribution in [0.4, 0.5) is 5.69 Å². The van der Waals surface area contributed by atoms with E-state index in [0.717, 1.165) is 3.57 Å². The van der Waals surface area contributed by atoms with Crippen molar-refractivity contribution in [3.63, 3.8) is 0 Å². The lowest BCUT2D eigenvalue weighted by atomic mass is 10.2. The molecule has 154 valence electrons. The summed E-state index contributed by atoms with van der Waals surface area (Å²) in [6.07, 6.45) is -1.18. The smallest absolute Gasteiger partial charge is 0.269 e. The molecule has 7 nitrogen and oxygen atoms in total. The van der Waals surface area contributed by atoms with E-state index in [-0.39, 0.29) is 10.5 Å². The van der Waals surface area contributed by atoms with E-state index in [2.05, 4.69) is 33.2 Å². The second kappa shape index (κ2) is 8.46. The van der Waals surface area contributed by atoms with Gasteiger partial charge in [0.25, 0.3) is 15.9 Å². The molecule has 1 aliphatic rings. The molecular weight excluding hydrogens is 576 g/mol. The van der Waals surface area contributed by atoms with Crippen LogP contribution in [-0.2, 0) is 14.8 Å². The molecule has 1 atom stereocenters. The first-order valence-electron chi connectivity index (χ1n) is 8.04. The Kier molecular flexibility index (Phi) is 6.54. The predicted molar refractivity (Wildman–Crippen MR) is 120 cm³/mol. The van der Waals surface area contributed by atoms with Gasteiger partial charge in [-0.2, -0.15) is 0 Å². The topological polar surface area (TPSA) is 95.6 Å². The van der Waals surface area contributed by atoms with Gasteiger partial charge in [0, 0.05) is 9.26 Å². The normalized spacial score (nSPS) is 16.3. The highest BCUT2D eigenvalue weighted by molar-refractivity contribution is 14.1. The number of nitrogens with zero attached hydrogens (tertiary/aromatic N) is 1. The number of benzene rings is 2. The van der Waals surface area contributed by atoms with E-state index in [1.54, 1.807) is 18.2 Å². The van der Waals surface area contributed by atoms with Gasteiger partial charge >= 0.3 is 0 Å². The third kappa shape index (κ3) is 4.91. The van der Waals surface area contributed by atoms with Crippen LogP contribution in [-0.4, -0.2) is 41.0 Å². The summed E-state index contributed by atoms with van der Waals surface area (Å²) in [5, 5.41) is 5.29. The maximum atomic E-state index is 12.6. The number of halogens is 4. The van der Waals surface area contributed by atoms with E-state index in [1.807, 2.05) is 12.1 Å². The van der Waals surface area contributed by atoms with Crippen molar-refractivity contribution in [1.29, 1.82) is 0 Å². The number of carbonyl (C=O) groups excluding carboxylic acids is 2. The highest BCUT2D eigenvalue weighted by Crippen LogP contribution is 2.32. The van der Waals surface area contributed by atoms with Gasteiger partial charge in [0.15, 0.2) is 0 Å². The van der Waals surface area contributed by atoms with Crippen LogP contribution >= 0.6 is 57.4 Å². The summed E-state index contributed by atoms with van der Waals surface area (Å²) in [6.45, 7) is -0.749. The number of rotatable bonds is 5. The highest BCUT2D eigenvalue weighted by Gasteiger charge is 2.42. The van der Waals surface area contributed by atoms with Crippen LogP contribution in [0.2, 0.25) is 0 Å². The third-order valence-corrected chi connectivity index (χ3v) is 7.15. The minimum absolute atomic E-state index is 0.00948. The molecule has 2 aromatic carbocycles. The average molecular weight is 589 g/mol. The Morgan fingerprint density at radius 1 is 1.10 bits per heavy atom. The van der Waals surface area contributed by atoms with Crippen LogP contribution in [0.5, 0.6) is 0 Å². The second-order valence-corrected chi connectivity index (χ2v) is 11.5. The van der Waals surface area contributed by atoms with Gasteiger partial charge in [-0.1, -0.05) is 46.9 Å². The number of anilines is 1. The van der Waals surface area contributed by atoms with E-state index < -0.39 is 38.3 Å². The van der Waals surface area contributed by atoms with E-state index in [0.29, 0.717) is 9.99 Å². The van der Waals surface area contributed by atoms with E-state index in [4.69, 9.17) is 34.8 Å². The number of carbonyl (C=O) groups is 2. The van der Waals surface area contributed by atoms with Crippen molar-refractivity contribution < 1.29 is 18.0 Å². The summed E-state index contributed by atoms with van der Waals surface area (Å²) in [4.78, 5) is 24.8. The summed E-state index contributed by atoms with van der Waals surface area (Å²) in [5.74, 6) is -1.60. The average Bonchev–Trinajstić information content (AvgIpc) is 2.83. The first-order chi connectivity index (χ1) is 13.5. The molecule has 3 rings (SSSR count). The molecular formula is C17H13Cl3IN3O4S. The first-order valence-corrected chi connectivity index (χ1v) is 11.7. The summed E-state index contributed by atoms with van der Waals surface area (Å²) >= 11 is 20.0. The first kappa shape index (κ1) is 22.4. The molecule has 2 amide bonds. The zero-order valence-electron chi connectivity index (χ0n) is 14.4. The lowest BCUT2D eigenvalue weighted by Gasteiger charge is -2.28. The van der Waals surface area contributed by atoms with Crippen LogP contribution in [0.25, 0.3) is 0 Å². The lowest BCUT2D eigenvalue weighted by Crippen LogP contribution is -2.52. The third-order valence-electron chi connectivity index (χ3n) is 3.99. The summed E-state index contributed by atoms with van der Waals surface area (Å²) in [6, 6.07) is 12.8. The standard InChI is InChI=1S/C17H13Cl3IN3O4S/c18-17(19,20)16(22-11-7-5-10(21)6-8-11)23-14(25)9-24-15(26)12-3-1-2-4-13(12)29(24,27)28/h1-8,16,22H,9H2,(H,23,25)/t16-/m0/s1. The maximum Gasteiger partial charge on any atom is 0.269 e. The molecule has 0 saturated heterocycles. The quantitative estimate of drug-likeness (QED) is 0.318. The van der Waals surface area contributed by atoms with Crippen molar-refractivity contribution in [3.05, 3.63) is 57.7 Å². The fourth-order valence-corrected chi connectivity index (χ4v) is 4.85. The summed E-state index contributed by atoms with van der Waals surface area (Å²) < 4.78 is 24.7. The molecule has 0 fully saturated rings. The van der Waals surface area contributed by atoms with Crippen LogP contribution < -0.4 is 10.6 Å². The van der Waals surface area contributed by atoms with Crippen molar-refractivity contribution in [3.8, 4) is 0 Å². The maximum absolute atomic E-state index is 12.6. The molecule has 12 heteroatoms. The van der Waals surface area contributed by atoms with E-state index in [1.165, 1.54) is 18.2 Å². The molecule has 29 heavy (non-hydrogen) atoms. The monoisotopic (exact) mass is 587 g/mol. The molecule has 0 aromatic heterocycles. The highest BCUT2D eigenvalue weighted by atomic mass is 127. The predicted octanol–water partition coefficient (Wildman–Crippen LogP) is 3.36. The van der Waals surface area contributed by atoms with Gasteiger partial charge in [0.2, 0.25) is 9.70 Å². The van der Waals surface area contributed by atoms with Crippen molar-refractivity contribution in [2.24, 2.45) is 0 Å². The molecule has 1 heterocycles. The van der Waals surface area contributed by atoms with Crippen molar-refractivity contribution in [1.82, 2.24) is 9.62 Å². The Balaban J connectivity index is 1.76. The van der Waals surface area contributed by atoms with Crippen LogP contribution in [0.3, 0.4) is 0 Å². The number of alkyl halides is 3. The molecule has 0 aliphatic carbocycles. The van der Waals surface area contributed by atoms with Crippen LogP contribution in [0, 0.1) is 3.57 Å². The molecule has 0 unspecified atom stereocenters. The number of amides is 2. The summed E-state index contributed by atoms with van der Waals surface area (Å²) in [5.41, 5.74) is 0.578. The van der Waals surface area contributed by atoms with Crippen LogP contribution in [0.15, 0.2) is 53.4 Å². The Labute approximate surface area is 195 Å². The fraction of sp³-hybridized carbons (Fsp3) is 0.176. The second-order valence-electron chi connectivity index (χ2n) is 6.01. The Morgan fingerprint density at radius 3 is 2.31 bits per heavy atom. The largest absolute Gasteiger partial charge is 0.362 e. The number of hydrogen-bond acceptors (Lipinski definition) is 5. The Bertz CT molecular complexity index is 1060. The number of hydrogen-bond donors (Lipinski definition) is 2.